The third kappa shape index (κ3) is 3.14. The first-order valence-electron chi connectivity index (χ1n) is 5.85. The zero-order valence-electron chi connectivity index (χ0n) is 10.6. The predicted molar refractivity (Wildman–Crippen MR) is 72.4 cm³/mol. The van der Waals surface area contributed by atoms with Crippen molar-refractivity contribution < 1.29 is 18.3 Å². The first-order chi connectivity index (χ1) is 9.49. The molecule has 0 heterocycles. The molecule has 0 N–H and O–H groups in total. The molecular formula is C15H11ClF2O2. The quantitative estimate of drug-likeness (QED) is 0.791. The van der Waals surface area contributed by atoms with Gasteiger partial charge in [0.25, 0.3) is 0 Å². The van der Waals surface area contributed by atoms with E-state index in [0.717, 1.165) is 6.07 Å². The zero-order valence-corrected chi connectivity index (χ0v) is 11.4. The summed E-state index contributed by atoms with van der Waals surface area (Å²) in [4.78, 5) is 11.9. The van der Waals surface area contributed by atoms with E-state index in [1.165, 1.54) is 19.1 Å². The van der Waals surface area contributed by atoms with E-state index < -0.39 is 29.6 Å². The van der Waals surface area contributed by atoms with Crippen molar-refractivity contribution in [3.8, 4) is 5.75 Å². The summed E-state index contributed by atoms with van der Waals surface area (Å²) in [6.07, 6.45) is 0. The van der Waals surface area contributed by atoms with Crippen molar-refractivity contribution in [2.45, 2.75) is 6.92 Å². The van der Waals surface area contributed by atoms with Crippen LogP contribution < -0.4 is 4.74 Å². The van der Waals surface area contributed by atoms with Crippen molar-refractivity contribution in [3.63, 3.8) is 0 Å². The lowest BCUT2D eigenvalue weighted by atomic mass is 10.1. The van der Waals surface area contributed by atoms with Crippen molar-refractivity contribution in [2.24, 2.45) is 0 Å². The van der Waals surface area contributed by atoms with Crippen LogP contribution in [0.2, 0.25) is 5.02 Å². The summed E-state index contributed by atoms with van der Waals surface area (Å²) < 4.78 is 32.5. The number of Topliss-reactive ketones (excluding diaryl/α,β-unsaturated/α-hetero) is 1. The minimum atomic E-state index is -0.896. The monoisotopic (exact) mass is 296 g/mol. The van der Waals surface area contributed by atoms with Crippen molar-refractivity contribution in [2.75, 3.05) is 6.61 Å². The molecule has 0 aromatic heterocycles. The molecule has 104 valence electrons. The summed E-state index contributed by atoms with van der Waals surface area (Å²) in [5.74, 6) is -2.15. The smallest absolute Gasteiger partial charge is 0.206 e. The summed E-state index contributed by atoms with van der Waals surface area (Å²) in [5.41, 5.74) is -0.371. The Morgan fingerprint density at radius 1 is 1.25 bits per heavy atom. The van der Waals surface area contributed by atoms with Crippen molar-refractivity contribution in [1.82, 2.24) is 0 Å². The molecule has 2 aromatic rings. The van der Waals surface area contributed by atoms with Gasteiger partial charge in [-0.3, -0.25) is 4.79 Å². The normalized spacial score (nSPS) is 10.4. The molecule has 0 radical (unpaired) electrons. The lowest BCUT2D eigenvalue weighted by Gasteiger charge is -2.08. The number of benzene rings is 2. The van der Waals surface area contributed by atoms with E-state index in [1.807, 2.05) is 0 Å². The van der Waals surface area contributed by atoms with Gasteiger partial charge in [-0.15, -0.1) is 0 Å². The molecule has 2 aromatic carbocycles. The lowest BCUT2D eigenvalue weighted by molar-refractivity contribution is 0.0912. The Balaban J connectivity index is 2.15. The van der Waals surface area contributed by atoms with Crippen LogP contribution in [0.4, 0.5) is 8.78 Å². The van der Waals surface area contributed by atoms with Gasteiger partial charge in [-0.1, -0.05) is 23.7 Å². The van der Waals surface area contributed by atoms with E-state index in [4.69, 9.17) is 16.3 Å². The van der Waals surface area contributed by atoms with Crippen molar-refractivity contribution in [3.05, 3.63) is 64.2 Å². The molecule has 0 spiro atoms. The summed E-state index contributed by atoms with van der Waals surface area (Å²) >= 11 is 5.76. The maximum Gasteiger partial charge on any atom is 0.206 e. The Morgan fingerprint density at radius 2 is 2.00 bits per heavy atom. The molecular weight excluding hydrogens is 286 g/mol. The van der Waals surface area contributed by atoms with Crippen LogP contribution in [0.15, 0.2) is 36.4 Å². The lowest BCUT2D eigenvalue weighted by Crippen LogP contribution is -2.15. The molecule has 2 nitrogen and oxygen atoms in total. The molecule has 20 heavy (non-hydrogen) atoms. The van der Waals surface area contributed by atoms with Crippen LogP contribution in [0, 0.1) is 18.6 Å². The van der Waals surface area contributed by atoms with Crippen molar-refractivity contribution in [1.29, 1.82) is 0 Å². The second kappa shape index (κ2) is 6.01. The van der Waals surface area contributed by atoms with Crippen molar-refractivity contribution >= 4 is 17.4 Å². The minimum Gasteiger partial charge on any atom is -0.485 e. The molecule has 0 unspecified atom stereocenters. The van der Waals surface area contributed by atoms with Crippen LogP contribution in [0.1, 0.15) is 15.9 Å². The number of carbonyl (C=O) groups excluding carboxylic acids is 1. The Kier molecular flexibility index (Phi) is 4.35. The van der Waals surface area contributed by atoms with E-state index in [9.17, 15) is 13.6 Å². The van der Waals surface area contributed by atoms with Gasteiger partial charge in [0.1, 0.15) is 17.4 Å². The van der Waals surface area contributed by atoms with Gasteiger partial charge in [-0.25, -0.2) is 8.78 Å². The highest BCUT2D eigenvalue weighted by atomic mass is 35.5. The third-order valence-electron chi connectivity index (χ3n) is 2.73. The molecule has 0 aliphatic rings. The molecule has 0 aliphatic carbocycles. The molecule has 0 saturated carbocycles. The average Bonchev–Trinajstić information content (AvgIpc) is 2.41. The van der Waals surface area contributed by atoms with Gasteiger partial charge in [0.15, 0.2) is 6.61 Å². The number of ether oxygens (including phenoxy) is 1. The highest BCUT2D eigenvalue weighted by molar-refractivity contribution is 6.30. The van der Waals surface area contributed by atoms with Gasteiger partial charge in [0.05, 0.1) is 5.56 Å². The summed E-state index contributed by atoms with van der Waals surface area (Å²) in [5, 5.41) is 0.447. The number of hydrogen-bond donors (Lipinski definition) is 0. The van der Waals surface area contributed by atoms with Crippen LogP contribution in [-0.2, 0) is 0 Å². The standard InChI is InChI=1S/C15H11ClF2O2/c1-9-5-6-12(17)14(15(9)18)13(19)8-20-11-4-2-3-10(16)7-11/h2-7H,8H2,1H3. The molecule has 2 rings (SSSR count). The number of aryl methyl sites for hydroxylation is 1. The molecule has 0 amide bonds. The van der Waals surface area contributed by atoms with Crippen LogP contribution in [-0.4, -0.2) is 12.4 Å². The average molecular weight is 297 g/mol. The molecule has 0 saturated heterocycles. The first-order valence-corrected chi connectivity index (χ1v) is 6.23. The Hall–Kier alpha value is -1.94. The van der Waals surface area contributed by atoms with E-state index in [1.54, 1.807) is 18.2 Å². The van der Waals surface area contributed by atoms with Crippen LogP contribution in [0.3, 0.4) is 0 Å². The van der Waals surface area contributed by atoms with E-state index in [0.29, 0.717) is 10.8 Å². The highest BCUT2D eigenvalue weighted by Crippen LogP contribution is 2.19. The van der Waals surface area contributed by atoms with E-state index in [2.05, 4.69) is 0 Å². The summed E-state index contributed by atoms with van der Waals surface area (Å²) in [7, 11) is 0. The number of halogens is 3. The minimum absolute atomic E-state index is 0.206. The molecule has 0 atom stereocenters. The summed E-state index contributed by atoms with van der Waals surface area (Å²) in [6.45, 7) is 1.00. The Labute approximate surface area is 119 Å². The largest absolute Gasteiger partial charge is 0.485 e. The zero-order chi connectivity index (χ0) is 14.7. The van der Waals surface area contributed by atoms with Crippen LogP contribution in [0.25, 0.3) is 0 Å². The predicted octanol–water partition coefficient (Wildman–Crippen LogP) is 4.19. The Morgan fingerprint density at radius 3 is 2.70 bits per heavy atom. The van der Waals surface area contributed by atoms with Crippen LogP contribution >= 0.6 is 11.6 Å². The maximum atomic E-state index is 13.8. The first kappa shape index (κ1) is 14.5. The second-order valence-electron chi connectivity index (χ2n) is 4.22. The molecule has 0 bridgehead atoms. The van der Waals surface area contributed by atoms with Crippen LogP contribution in [0.5, 0.6) is 5.75 Å². The fraction of sp³-hybridized carbons (Fsp3) is 0.133. The van der Waals surface area contributed by atoms with Gasteiger partial charge >= 0.3 is 0 Å². The number of rotatable bonds is 4. The van der Waals surface area contributed by atoms with Gasteiger partial charge in [-0.2, -0.15) is 0 Å². The number of carbonyl (C=O) groups is 1. The Bertz CT molecular complexity index is 656. The third-order valence-corrected chi connectivity index (χ3v) is 2.96. The molecule has 0 fully saturated rings. The molecule has 0 aliphatic heterocycles. The fourth-order valence-corrected chi connectivity index (χ4v) is 1.87. The SMILES string of the molecule is Cc1ccc(F)c(C(=O)COc2cccc(Cl)c2)c1F. The molecule has 5 heteroatoms. The van der Waals surface area contributed by atoms with Gasteiger partial charge in [0.2, 0.25) is 5.78 Å². The van der Waals surface area contributed by atoms with Gasteiger partial charge in [0, 0.05) is 5.02 Å². The topological polar surface area (TPSA) is 26.3 Å². The van der Waals surface area contributed by atoms with E-state index >= 15 is 0 Å². The number of hydrogen-bond acceptors (Lipinski definition) is 2. The summed E-state index contributed by atoms with van der Waals surface area (Å²) in [6, 6.07) is 8.75. The van der Waals surface area contributed by atoms with Gasteiger partial charge in [-0.05, 0) is 36.8 Å². The number of ketones is 1. The van der Waals surface area contributed by atoms with E-state index in [-0.39, 0.29) is 5.56 Å². The second-order valence-corrected chi connectivity index (χ2v) is 4.66. The van der Waals surface area contributed by atoms with Gasteiger partial charge < -0.3 is 4.74 Å². The maximum absolute atomic E-state index is 13.8. The fourth-order valence-electron chi connectivity index (χ4n) is 1.69. The highest BCUT2D eigenvalue weighted by Gasteiger charge is 2.19.